The molecule has 202 valence electrons. The van der Waals surface area contributed by atoms with Gasteiger partial charge in [-0.25, -0.2) is 0 Å². The molecule has 2 atom stereocenters. The third kappa shape index (κ3) is 6.55. The summed E-state index contributed by atoms with van der Waals surface area (Å²) in [7, 11) is 3.28. The van der Waals surface area contributed by atoms with Crippen LogP contribution in [0.2, 0.25) is 0 Å². The fourth-order valence-electron chi connectivity index (χ4n) is 5.33. The van der Waals surface area contributed by atoms with Gasteiger partial charge in [0.25, 0.3) is 5.91 Å². The fraction of sp³-hybridized carbons (Fsp3) is 0.406. The number of hydrogen-bond donors (Lipinski definition) is 1. The number of benzene rings is 3. The second kappa shape index (κ2) is 13.4. The smallest absolute Gasteiger partial charge is 0.254 e. The highest BCUT2D eigenvalue weighted by atomic mass is 16.5. The van der Waals surface area contributed by atoms with Crippen molar-refractivity contribution in [2.24, 2.45) is 0 Å². The zero-order valence-electron chi connectivity index (χ0n) is 23.0. The molecular weight excluding hydrogens is 476 g/mol. The maximum atomic E-state index is 14.1. The monoisotopic (exact) mass is 516 g/mol. The molecular formula is C32H40N2O4. The van der Waals surface area contributed by atoms with Gasteiger partial charge in [-0.1, -0.05) is 54.6 Å². The van der Waals surface area contributed by atoms with Crippen LogP contribution >= 0.6 is 0 Å². The van der Waals surface area contributed by atoms with Gasteiger partial charge in [-0.15, -0.1) is 0 Å². The molecule has 1 saturated heterocycles. The first-order valence-corrected chi connectivity index (χ1v) is 13.5. The van der Waals surface area contributed by atoms with E-state index < -0.39 is 0 Å². The van der Waals surface area contributed by atoms with Crippen molar-refractivity contribution >= 4 is 5.91 Å². The highest BCUT2D eigenvalue weighted by Gasteiger charge is 2.36. The third-order valence-electron chi connectivity index (χ3n) is 7.18. The van der Waals surface area contributed by atoms with Gasteiger partial charge in [-0.2, -0.15) is 0 Å². The van der Waals surface area contributed by atoms with Crippen LogP contribution in [0.5, 0.6) is 11.5 Å². The quantitative estimate of drug-likeness (QED) is 0.328. The summed E-state index contributed by atoms with van der Waals surface area (Å²) >= 11 is 0. The minimum Gasteiger partial charge on any atom is -0.493 e. The van der Waals surface area contributed by atoms with E-state index in [0.717, 1.165) is 25.9 Å². The summed E-state index contributed by atoms with van der Waals surface area (Å²) in [6.07, 6.45) is 1.73. The minimum absolute atomic E-state index is 0.00214. The molecule has 1 fully saturated rings. The van der Waals surface area contributed by atoms with E-state index in [2.05, 4.69) is 67.7 Å². The van der Waals surface area contributed by atoms with Gasteiger partial charge in [0.1, 0.15) is 0 Å². The Morgan fingerprint density at radius 1 is 0.947 bits per heavy atom. The van der Waals surface area contributed by atoms with Gasteiger partial charge in [0, 0.05) is 44.2 Å². The summed E-state index contributed by atoms with van der Waals surface area (Å²) in [5, 5.41) is 3.54. The van der Waals surface area contributed by atoms with Gasteiger partial charge in [0.2, 0.25) is 0 Å². The van der Waals surface area contributed by atoms with Crippen molar-refractivity contribution in [2.75, 3.05) is 40.5 Å². The maximum absolute atomic E-state index is 14.1. The largest absolute Gasteiger partial charge is 0.493 e. The Kier molecular flexibility index (Phi) is 9.79. The molecule has 3 aromatic rings. The Labute approximate surface area is 226 Å². The summed E-state index contributed by atoms with van der Waals surface area (Å²) < 4.78 is 16.6. The van der Waals surface area contributed by atoms with E-state index >= 15 is 0 Å². The second-order valence-corrected chi connectivity index (χ2v) is 10.0. The highest BCUT2D eigenvalue weighted by Crippen LogP contribution is 2.35. The number of hydrogen-bond acceptors (Lipinski definition) is 5. The molecule has 6 nitrogen and oxygen atoms in total. The van der Waals surface area contributed by atoms with Crippen molar-refractivity contribution in [1.82, 2.24) is 10.2 Å². The van der Waals surface area contributed by atoms with E-state index in [1.54, 1.807) is 14.2 Å². The van der Waals surface area contributed by atoms with E-state index in [9.17, 15) is 4.79 Å². The van der Waals surface area contributed by atoms with Crippen LogP contribution in [0.4, 0.5) is 0 Å². The molecule has 0 aromatic heterocycles. The van der Waals surface area contributed by atoms with Gasteiger partial charge in [-0.05, 0) is 61.7 Å². The molecule has 0 bridgehead atoms. The Bertz CT molecular complexity index is 1180. The lowest BCUT2D eigenvalue weighted by Gasteiger charge is -2.43. The van der Waals surface area contributed by atoms with Crippen molar-refractivity contribution < 1.29 is 19.0 Å². The Hall–Kier alpha value is -3.35. The van der Waals surface area contributed by atoms with Crippen LogP contribution < -0.4 is 14.8 Å². The van der Waals surface area contributed by atoms with Gasteiger partial charge in [0.05, 0.1) is 19.8 Å². The zero-order valence-corrected chi connectivity index (χ0v) is 23.0. The van der Waals surface area contributed by atoms with Crippen LogP contribution in [0.3, 0.4) is 0 Å². The lowest BCUT2D eigenvalue weighted by molar-refractivity contribution is 0.0537. The van der Waals surface area contributed by atoms with Crippen LogP contribution in [0, 0.1) is 0 Å². The first-order chi connectivity index (χ1) is 18.5. The predicted octanol–water partition coefficient (Wildman–Crippen LogP) is 5.77. The highest BCUT2D eigenvalue weighted by molar-refractivity contribution is 5.95. The Balaban J connectivity index is 1.62. The predicted molar refractivity (Wildman–Crippen MR) is 152 cm³/mol. The van der Waals surface area contributed by atoms with Crippen LogP contribution in [0.1, 0.15) is 48.5 Å². The van der Waals surface area contributed by atoms with Crippen molar-refractivity contribution in [1.29, 1.82) is 0 Å². The van der Waals surface area contributed by atoms with Gasteiger partial charge < -0.3 is 24.4 Å². The summed E-state index contributed by atoms with van der Waals surface area (Å²) in [6, 6.07) is 24.8. The van der Waals surface area contributed by atoms with Crippen molar-refractivity contribution in [3.63, 3.8) is 0 Å². The van der Waals surface area contributed by atoms with E-state index in [0.29, 0.717) is 30.3 Å². The minimum atomic E-state index is 0.00214. The third-order valence-corrected chi connectivity index (χ3v) is 7.18. The van der Waals surface area contributed by atoms with Crippen LogP contribution in [-0.4, -0.2) is 63.4 Å². The molecule has 1 heterocycles. The lowest BCUT2D eigenvalue weighted by atomic mass is 9.83. The van der Waals surface area contributed by atoms with Crippen LogP contribution in [0.25, 0.3) is 11.1 Å². The van der Waals surface area contributed by atoms with E-state index in [4.69, 9.17) is 14.2 Å². The second-order valence-electron chi connectivity index (χ2n) is 10.0. The SMILES string of the molecule is COCCCOc1cc(C(=O)N(C(C)C)C2CNCC[C@@H]2c2cccc(-c3ccccc3)c2)ccc1OC. The number of nitrogens with one attached hydrogen (secondary N) is 1. The zero-order chi connectivity index (χ0) is 26.9. The fourth-order valence-corrected chi connectivity index (χ4v) is 5.33. The molecule has 1 aliphatic heterocycles. The number of nitrogens with zero attached hydrogens (tertiary/aromatic N) is 1. The van der Waals surface area contributed by atoms with Crippen LogP contribution in [-0.2, 0) is 4.74 Å². The molecule has 1 amide bonds. The first kappa shape index (κ1) is 27.7. The van der Waals surface area contributed by atoms with E-state index in [1.165, 1.54) is 16.7 Å². The lowest BCUT2D eigenvalue weighted by Crippen LogP contribution is -2.55. The Morgan fingerprint density at radius 3 is 2.47 bits per heavy atom. The van der Waals surface area contributed by atoms with Crippen molar-refractivity contribution in [3.8, 4) is 22.6 Å². The number of carbonyl (C=O) groups excluding carboxylic acids is 1. The molecule has 0 saturated carbocycles. The number of methoxy groups -OCH3 is 2. The molecule has 1 N–H and O–H groups in total. The molecule has 1 unspecified atom stereocenters. The molecule has 0 radical (unpaired) electrons. The summed E-state index contributed by atoms with van der Waals surface area (Å²) in [5.41, 5.74) is 4.28. The number of ether oxygens (including phenoxy) is 3. The number of piperidine rings is 1. The van der Waals surface area contributed by atoms with Gasteiger partial charge in [-0.3, -0.25) is 4.79 Å². The summed E-state index contributed by atoms with van der Waals surface area (Å²) in [6.45, 7) is 6.97. The Morgan fingerprint density at radius 2 is 1.74 bits per heavy atom. The summed E-state index contributed by atoms with van der Waals surface area (Å²) in [5.74, 6) is 1.42. The molecule has 4 rings (SSSR count). The van der Waals surface area contributed by atoms with E-state index in [-0.39, 0.29) is 23.9 Å². The van der Waals surface area contributed by atoms with Gasteiger partial charge >= 0.3 is 0 Å². The van der Waals surface area contributed by atoms with Gasteiger partial charge in [0.15, 0.2) is 11.5 Å². The molecule has 1 aliphatic rings. The normalized spacial score (nSPS) is 17.3. The molecule has 0 aliphatic carbocycles. The molecule has 3 aromatic carbocycles. The van der Waals surface area contributed by atoms with Crippen molar-refractivity contribution in [2.45, 2.75) is 44.7 Å². The average Bonchev–Trinajstić information content (AvgIpc) is 2.96. The number of carbonyl (C=O) groups is 1. The standard InChI is InChI=1S/C32H40N2O4/c1-23(2)34(32(35)27-14-15-30(37-4)31(21-27)38-19-9-18-36-3)29-22-33-17-16-28(29)26-13-8-12-25(20-26)24-10-6-5-7-11-24/h5-8,10-15,20-21,23,28-29,33H,9,16-19,22H2,1-4H3/t28-,29?/m1/s1. The first-order valence-electron chi connectivity index (χ1n) is 13.5. The van der Waals surface area contributed by atoms with Crippen LogP contribution in [0.15, 0.2) is 72.8 Å². The van der Waals surface area contributed by atoms with Crippen molar-refractivity contribution in [3.05, 3.63) is 83.9 Å². The number of amides is 1. The molecule has 38 heavy (non-hydrogen) atoms. The molecule has 0 spiro atoms. The van der Waals surface area contributed by atoms with E-state index in [1.807, 2.05) is 29.2 Å². The topological polar surface area (TPSA) is 60.0 Å². The molecule has 6 heteroatoms. The maximum Gasteiger partial charge on any atom is 0.254 e. The summed E-state index contributed by atoms with van der Waals surface area (Å²) in [4.78, 5) is 16.1. The number of rotatable bonds is 11. The average molecular weight is 517 g/mol.